The predicted molar refractivity (Wildman–Crippen MR) is 104 cm³/mol. The molecule has 3 aromatic rings. The number of hydrogen-bond acceptors (Lipinski definition) is 4. The van der Waals surface area contributed by atoms with Gasteiger partial charge in [0.05, 0.1) is 16.8 Å². The summed E-state index contributed by atoms with van der Waals surface area (Å²) in [5, 5.41) is 5.24. The lowest BCUT2D eigenvalue weighted by Gasteiger charge is -2.29. The second kappa shape index (κ2) is 7.59. The van der Waals surface area contributed by atoms with Gasteiger partial charge in [0.2, 0.25) is 0 Å². The van der Waals surface area contributed by atoms with Gasteiger partial charge >= 0.3 is 6.18 Å². The molecular formula is C21H18F3N3OS. The molecule has 0 radical (unpaired) electrons. The average molecular weight is 417 g/mol. The third-order valence-corrected chi connectivity index (χ3v) is 6.05. The molecule has 1 aliphatic rings. The molecule has 0 aliphatic heterocycles. The number of nitrogens with zero attached hydrogens (tertiary/aromatic N) is 2. The zero-order chi connectivity index (χ0) is 20.5. The third kappa shape index (κ3) is 4.03. The van der Waals surface area contributed by atoms with Crippen LogP contribution in [-0.2, 0) is 11.7 Å². The van der Waals surface area contributed by atoms with E-state index in [0.29, 0.717) is 10.6 Å². The first kappa shape index (κ1) is 19.6. The van der Waals surface area contributed by atoms with Crippen LogP contribution >= 0.6 is 11.3 Å². The van der Waals surface area contributed by atoms with Gasteiger partial charge < -0.3 is 5.32 Å². The van der Waals surface area contributed by atoms with Crippen LogP contribution in [0.2, 0.25) is 0 Å². The summed E-state index contributed by atoms with van der Waals surface area (Å²) in [5.41, 5.74) is 0.420. The molecule has 1 aliphatic carbocycles. The van der Waals surface area contributed by atoms with Crippen LogP contribution in [0.3, 0.4) is 0 Å². The molecule has 4 rings (SSSR count). The number of aromatic nitrogens is 2. The molecule has 29 heavy (non-hydrogen) atoms. The molecule has 1 N–H and O–H groups in total. The summed E-state index contributed by atoms with van der Waals surface area (Å²) in [6, 6.07) is 10.4. The largest absolute Gasteiger partial charge is 0.416 e. The minimum Gasteiger partial charge on any atom is -0.340 e. The van der Waals surface area contributed by atoms with Crippen LogP contribution in [0.15, 0.2) is 54.0 Å². The number of carbonyl (C=O) groups is 1. The maximum Gasteiger partial charge on any atom is 0.416 e. The van der Waals surface area contributed by atoms with Crippen molar-refractivity contribution >= 4 is 17.2 Å². The molecule has 0 spiro atoms. The Kier molecular flexibility index (Phi) is 5.12. The molecule has 1 aromatic carbocycles. The fourth-order valence-corrected chi connectivity index (χ4v) is 4.47. The SMILES string of the molecule is O=C(NC1(c2ccccn2)CCCC1)c1csc(-c2ccc(C(F)(F)F)cc2)n1. The number of pyridine rings is 1. The molecule has 2 heterocycles. The summed E-state index contributed by atoms with van der Waals surface area (Å²) >= 11 is 1.23. The molecule has 2 aromatic heterocycles. The van der Waals surface area contributed by atoms with Crippen LogP contribution in [-0.4, -0.2) is 15.9 Å². The molecule has 1 saturated carbocycles. The topological polar surface area (TPSA) is 54.9 Å². The Morgan fingerprint density at radius 2 is 1.79 bits per heavy atom. The van der Waals surface area contributed by atoms with Gasteiger partial charge in [-0.1, -0.05) is 31.0 Å². The molecule has 4 nitrogen and oxygen atoms in total. The van der Waals surface area contributed by atoms with Crippen LogP contribution < -0.4 is 5.32 Å². The normalized spacial score (nSPS) is 16.0. The van der Waals surface area contributed by atoms with Crippen molar-refractivity contribution in [3.63, 3.8) is 0 Å². The van der Waals surface area contributed by atoms with Crippen molar-refractivity contribution in [1.82, 2.24) is 15.3 Å². The van der Waals surface area contributed by atoms with Crippen molar-refractivity contribution in [2.24, 2.45) is 0 Å². The molecule has 0 bridgehead atoms. The van der Waals surface area contributed by atoms with Crippen molar-refractivity contribution < 1.29 is 18.0 Å². The highest BCUT2D eigenvalue weighted by molar-refractivity contribution is 7.13. The standard InChI is InChI=1S/C21H18F3N3OS/c22-21(23,24)15-8-6-14(7-9-15)19-26-16(13-29-19)18(28)27-20(10-2-3-11-20)17-5-1-4-12-25-17/h1,4-9,12-13H,2-3,10-11H2,(H,27,28). The van der Waals surface area contributed by atoms with E-state index in [-0.39, 0.29) is 11.6 Å². The molecule has 0 saturated heterocycles. The van der Waals surface area contributed by atoms with Crippen LogP contribution in [0.5, 0.6) is 0 Å². The van der Waals surface area contributed by atoms with E-state index in [0.717, 1.165) is 43.5 Å². The van der Waals surface area contributed by atoms with Gasteiger partial charge in [0.15, 0.2) is 0 Å². The first-order valence-corrected chi connectivity index (χ1v) is 10.1. The number of alkyl halides is 3. The molecule has 1 amide bonds. The van der Waals surface area contributed by atoms with Crippen LogP contribution in [0.4, 0.5) is 13.2 Å². The van der Waals surface area contributed by atoms with E-state index >= 15 is 0 Å². The first-order chi connectivity index (χ1) is 13.9. The van der Waals surface area contributed by atoms with Gasteiger partial charge in [-0.05, 0) is 37.1 Å². The fraction of sp³-hybridized carbons (Fsp3) is 0.286. The summed E-state index contributed by atoms with van der Waals surface area (Å²) in [7, 11) is 0. The van der Waals surface area contributed by atoms with Crippen molar-refractivity contribution in [3.8, 4) is 10.6 Å². The highest BCUT2D eigenvalue weighted by Crippen LogP contribution is 2.38. The molecule has 1 fully saturated rings. The third-order valence-electron chi connectivity index (χ3n) is 5.16. The number of benzene rings is 1. The molecule has 8 heteroatoms. The minimum absolute atomic E-state index is 0.257. The molecule has 0 atom stereocenters. The number of hydrogen-bond donors (Lipinski definition) is 1. The highest BCUT2D eigenvalue weighted by atomic mass is 32.1. The van der Waals surface area contributed by atoms with Crippen molar-refractivity contribution in [3.05, 3.63) is 71.0 Å². The monoisotopic (exact) mass is 417 g/mol. The lowest BCUT2D eigenvalue weighted by molar-refractivity contribution is -0.137. The van der Waals surface area contributed by atoms with E-state index in [9.17, 15) is 18.0 Å². The second-order valence-corrected chi connectivity index (χ2v) is 7.93. The maximum atomic E-state index is 12.9. The molecule has 0 unspecified atom stereocenters. The number of halogens is 3. The van der Waals surface area contributed by atoms with Gasteiger partial charge in [0.25, 0.3) is 5.91 Å². The Hall–Kier alpha value is -2.74. The van der Waals surface area contributed by atoms with Crippen molar-refractivity contribution in [1.29, 1.82) is 0 Å². The highest BCUT2D eigenvalue weighted by Gasteiger charge is 2.38. The van der Waals surface area contributed by atoms with Crippen LogP contribution in [0, 0.1) is 0 Å². The van der Waals surface area contributed by atoms with Gasteiger partial charge in [-0.25, -0.2) is 4.98 Å². The summed E-state index contributed by atoms with van der Waals surface area (Å²) in [4.78, 5) is 21.6. The van der Waals surface area contributed by atoms with Crippen LogP contribution in [0.25, 0.3) is 10.6 Å². The van der Waals surface area contributed by atoms with E-state index in [2.05, 4.69) is 15.3 Å². The van der Waals surface area contributed by atoms with Crippen LogP contribution in [0.1, 0.15) is 47.4 Å². The van der Waals surface area contributed by atoms with Crippen molar-refractivity contribution in [2.75, 3.05) is 0 Å². The average Bonchev–Trinajstić information content (AvgIpc) is 3.39. The van der Waals surface area contributed by atoms with Gasteiger partial charge in [-0.3, -0.25) is 9.78 Å². The number of rotatable bonds is 4. The smallest absolute Gasteiger partial charge is 0.340 e. The fourth-order valence-electron chi connectivity index (χ4n) is 3.66. The Balaban J connectivity index is 1.54. The number of nitrogens with one attached hydrogen (secondary N) is 1. The maximum absolute atomic E-state index is 12.9. The summed E-state index contributed by atoms with van der Waals surface area (Å²) in [5.74, 6) is -0.299. The minimum atomic E-state index is -4.38. The van der Waals surface area contributed by atoms with E-state index in [1.807, 2.05) is 18.2 Å². The van der Waals surface area contributed by atoms with Gasteiger partial charge in [0, 0.05) is 17.1 Å². The molecule has 150 valence electrons. The van der Waals surface area contributed by atoms with E-state index < -0.39 is 17.3 Å². The van der Waals surface area contributed by atoms with E-state index in [1.54, 1.807) is 11.6 Å². The first-order valence-electron chi connectivity index (χ1n) is 9.25. The summed E-state index contributed by atoms with van der Waals surface area (Å²) in [6.07, 6.45) is 0.966. The van der Waals surface area contributed by atoms with Gasteiger partial charge in [-0.2, -0.15) is 13.2 Å². The van der Waals surface area contributed by atoms with E-state index in [4.69, 9.17) is 0 Å². The zero-order valence-electron chi connectivity index (χ0n) is 15.4. The lowest BCUT2D eigenvalue weighted by Crippen LogP contribution is -2.44. The predicted octanol–water partition coefficient (Wildman–Crippen LogP) is 5.42. The Labute approximate surface area is 169 Å². The second-order valence-electron chi connectivity index (χ2n) is 7.07. The van der Waals surface area contributed by atoms with E-state index in [1.165, 1.54) is 23.5 Å². The number of carbonyl (C=O) groups excluding carboxylic acids is 1. The Morgan fingerprint density at radius 3 is 2.41 bits per heavy atom. The summed E-state index contributed by atoms with van der Waals surface area (Å²) in [6.45, 7) is 0. The zero-order valence-corrected chi connectivity index (χ0v) is 16.2. The summed E-state index contributed by atoms with van der Waals surface area (Å²) < 4.78 is 38.2. The van der Waals surface area contributed by atoms with Gasteiger partial charge in [-0.15, -0.1) is 11.3 Å². The van der Waals surface area contributed by atoms with Crippen molar-refractivity contribution in [2.45, 2.75) is 37.4 Å². The Morgan fingerprint density at radius 1 is 1.07 bits per heavy atom. The Bertz CT molecular complexity index is 994. The quantitative estimate of drug-likeness (QED) is 0.616. The number of thiazole rings is 1. The molecular weight excluding hydrogens is 399 g/mol. The number of amides is 1. The van der Waals surface area contributed by atoms with Gasteiger partial charge in [0.1, 0.15) is 10.7 Å². The lowest BCUT2D eigenvalue weighted by atomic mass is 9.92.